The van der Waals surface area contributed by atoms with Gasteiger partial charge in [0.2, 0.25) is 10.0 Å². The molecule has 7 heteroatoms. The first-order valence-corrected chi connectivity index (χ1v) is 9.18. The van der Waals surface area contributed by atoms with E-state index in [1.807, 2.05) is 0 Å². The third-order valence-corrected chi connectivity index (χ3v) is 7.34. The summed E-state index contributed by atoms with van der Waals surface area (Å²) in [5, 5.41) is 0. The number of nitrogens with zero attached hydrogens (tertiary/aromatic N) is 1. The second kappa shape index (κ2) is 4.72. The molecule has 2 bridgehead atoms. The molecule has 1 aromatic carbocycles. The van der Waals surface area contributed by atoms with Crippen molar-refractivity contribution in [3.63, 3.8) is 0 Å². The fourth-order valence-corrected chi connectivity index (χ4v) is 6.90. The molecule has 0 aromatic heterocycles. The number of hydrogen-bond donors (Lipinski definition) is 1. The Bertz CT molecular complexity index is 610. The first kappa shape index (κ1) is 13.9. The van der Waals surface area contributed by atoms with Crippen LogP contribution in [0.15, 0.2) is 26.0 Å². The Hall–Kier alpha value is -0.110. The SMILES string of the molecule is Nc1cc(Br)cc(Br)c1S(=O)(=O)N1CC2CCC1C2. The van der Waals surface area contributed by atoms with Crippen LogP contribution >= 0.6 is 31.9 Å². The lowest BCUT2D eigenvalue weighted by molar-refractivity contribution is 0.333. The average molecular weight is 410 g/mol. The molecule has 0 spiro atoms. The van der Waals surface area contributed by atoms with E-state index in [9.17, 15) is 8.42 Å². The molecule has 2 unspecified atom stereocenters. The first-order chi connectivity index (χ1) is 8.89. The highest BCUT2D eigenvalue weighted by Gasteiger charge is 2.45. The minimum atomic E-state index is -3.51. The van der Waals surface area contributed by atoms with Crippen LogP contribution in [0.1, 0.15) is 19.3 Å². The molecule has 2 atom stereocenters. The van der Waals surface area contributed by atoms with Crippen LogP contribution in [0.4, 0.5) is 5.69 Å². The molecule has 0 radical (unpaired) electrons. The van der Waals surface area contributed by atoms with Gasteiger partial charge in [-0.15, -0.1) is 0 Å². The molecule has 3 rings (SSSR count). The van der Waals surface area contributed by atoms with Crippen molar-refractivity contribution in [1.29, 1.82) is 0 Å². The molecule has 2 aliphatic rings. The Morgan fingerprint density at radius 2 is 2.00 bits per heavy atom. The van der Waals surface area contributed by atoms with E-state index < -0.39 is 10.0 Å². The number of nitrogen functional groups attached to an aromatic ring is 1. The molecule has 1 aliphatic carbocycles. The second-order valence-corrected chi connectivity index (χ2v) is 8.81. The van der Waals surface area contributed by atoms with Gasteiger partial charge in [-0.3, -0.25) is 0 Å². The zero-order valence-corrected chi connectivity index (χ0v) is 14.1. The monoisotopic (exact) mass is 408 g/mol. The topological polar surface area (TPSA) is 63.4 Å². The van der Waals surface area contributed by atoms with Crippen LogP contribution in [0.3, 0.4) is 0 Å². The van der Waals surface area contributed by atoms with Crippen molar-refractivity contribution < 1.29 is 8.42 Å². The van der Waals surface area contributed by atoms with Gasteiger partial charge in [-0.25, -0.2) is 8.42 Å². The maximum absolute atomic E-state index is 12.8. The van der Waals surface area contributed by atoms with Crippen LogP contribution in [0, 0.1) is 5.92 Å². The van der Waals surface area contributed by atoms with Crippen LogP contribution in [0.5, 0.6) is 0 Å². The summed E-state index contributed by atoms with van der Waals surface area (Å²) < 4.78 is 28.5. The molecule has 104 valence electrons. The molecule has 4 nitrogen and oxygen atoms in total. The number of nitrogens with two attached hydrogens (primary N) is 1. The van der Waals surface area contributed by atoms with Crippen molar-refractivity contribution in [2.24, 2.45) is 5.92 Å². The van der Waals surface area contributed by atoms with Crippen LogP contribution in [-0.4, -0.2) is 25.3 Å². The van der Waals surface area contributed by atoms with Gasteiger partial charge in [0.25, 0.3) is 0 Å². The van der Waals surface area contributed by atoms with Gasteiger partial charge in [0, 0.05) is 21.5 Å². The van der Waals surface area contributed by atoms with Gasteiger partial charge >= 0.3 is 0 Å². The number of fused-ring (bicyclic) bond motifs is 2. The molecular weight excluding hydrogens is 396 g/mol. The van der Waals surface area contributed by atoms with Crippen molar-refractivity contribution in [3.8, 4) is 0 Å². The van der Waals surface area contributed by atoms with E-state index in [-0.39, 0.29) is 16.6 Å². The van der Waals surface area contributed by atoms with E-state index in [0.29, 0.717) is 16.9 Å². The van der Waals surface area contributed by atoms with E-state index in [2.05, 4.69) is 31.9 Å². The van der Waals surface area contributed by atoms with Gasteiger partial charge in [0.1, 0.15) is 4.90 Å². The maximum atomic E-state index is 12.8. The predicted octanol–water partition coefficient (Wildman–Crippen LogP) is 2.97. The number of sulfonamides is 1. The summed E-state index contributed by atoms with van der Waals surface area (Å²) in [7, 11) is -3.51. The van der Waals surface area contributed by atoms with Crippen LogP contribution in [0.2, 0.25) is 0 Å². The van der Waals surface area contributed by atoms with Crippen molar-refractivity contribution in [3.05, 3.63) is 21.1 Å². The molecule has 1 heterocycles. The fraction of sp³-hybridized carbons (Fsp3) is 0.500. The maximum Gasteiger partial charge on any atom is 0.246 e. The number of piperidine rings is 1. The van der Waals surface area contributed by atoms with Crippen molar-refractivity contribution in [2.75, 3.05) is 12.3 Å². The largest absolute Gasteiger partial charge is 0.398 e. The van der Waals surface area contributed by atoms with E-state index in [4.69, 9.17) is 5.73 Å². The highest BCUT2D eigenvalue weighted by atomic mass is 79.9. The molecule has 0 amide bonds. The van der Waals surface area contributed by atoms with E-state index in [1.165, 1.54) is 0 Å². The van der Waals surface area contributed by atoms with E-state index >= 15 is 0 Å². The fourth-order valence-electron chi connectivity index (χ4n) is 3.14. The van der Waals surface area contributed by atoms with Gasteiger partial charge < -0.3 is 5.73 Å². The second-order valence-electron chi connectivity index (χ2n) is 5.21. The predicted molar refractivity (Wildman–Crippen MR) is 81.3 cm³/mol. The van der Waals surface area contributed by atoms with Crippen LogP contribution < -0.4 is 5.73 Å². The molecule has 1 saturated heterocycles. The lowest BCUT2D eigenvalue weighted by Crippen LogP contribution is -2.38. The summed E-state index contributed by atoms with van der Waals surface area (Å²) in [4.78, 5) is 0.197. The minimum absolute atomic E-state index is 0.157. The zero-order valence-electron chi connectivity index (χ0n) is 10.1. The van der Waals surface area contributed by atoms with Crippen LogP contribution in [-0.2, 0) is 10.0 Å². The molecule has 1 saturated carbocycles. The number of benzene rings is 1. The average Bonchev–Trinajstić information content (AvgIpc) is 2.88. The summed E-state index contributed by atoms with van der Waals surface area (Å²) >= 11 is 6.63. The first-order valence-electron chi connectivity index (χ1n) is 6.16. The summed E-state index contributed by atoms with van der Waals surface area (Å²) in [5.74, 6) is 0.523. The van der Waals surface area contributed by atoms with Crippen molar-refractivity contribution >= 4 is 47.6 Å². The smallest absolute Gasteiger partial charge is 0.246 e. The Balaban J connectivity index is 2.06. The molecule has 1 aromatic rings. The minimum Gasteiger partial charge on any atom is -0.398 e. The third-order valence-electron chi connectivity index (χ3n) is 3.96. The quantitative estimate of drug-likeness (QED) is 0.763. The number of halogens is 2. The number of hydrogen-bond acceptors (Lipinski definition) is 3. The summed E-state index contributed by atoms with van der Waals surface area (Å²) in [6.07, 6.45) is 3.11. The highest BCUT2D eigenvalue weighted by molar-refractivity contribution is 9.11. The van der Waals surface area contributed by atoms with Gasteiger partial charge in [-0.2, -0.15) is 4.31 Å². The Kier molecular flexibility index (Phi) is 3.44. The summed E-state index contributed by atoms with van der Waals surface area (Å²) in [6.45, 7) is 0.634. The van der Waals surface area contributed by atoms with Crippen LogP contribution in [0.25, 0.3) is 0 Å². The van der Waals surface area contributed by atoms with Gasteiger partial charge in [0.05, 0.1) is 5.69 Å². The number of rotatable bonds is 2. The summed E-state index contributed by atoms with van der Waals surface area (Å²) in [5.41, 5.74) is 6.19. The van der Waals surface area contributed by atoms with Crippen molar-refractivity contribution in [2.45, 2.75) is 30.2 Å². The molecule has 2 N–H and O–H groups in total. The molecular formula is C12H14Br2N2O2S. The van der Waals surface area contributed by atoms with E-state index in [1.54, 1.807) is 16.4 Å². The molecule has 2 fully saturated rings. The number of anilines is 1. The Morgan fingerprint density at radius 1 is 1.26 bits per heavy atom. The summed E-state index contributed by atoms with van der Waals surface area (Å²) in [6, 6.07) is 3.51. The standard InChI is InChI=1S/C12H14Br2N2O2S/c13-8-4-10(14)12(11(15)5-8)19(17,18)16-6-7-1-2-9(16)3-7/h4-5,7,9H,1-3,6,15H2. The molecule has 1 aliphatic heterocycles. The van der Waals surface area contributed by atoms with Gasteiger partial charge in [-0.05, 0) is 53.2 Å². The van der Waals surface area contributed by atoms with E-state index in [0.717, 1.165) is 23.7 Å². The molecule has 19 heavy (non-hydrogen) atoms. The Labute approximate surface area is 129 Å². The Morgan fingerprint density at radius 3 is 2.53 bits per heavy atom. The van der Waals surface area contributed by atoms with Gasteiger partial charge in [0.15, 0.2) is 0 Å². The van der Waals surface area contributed by atoms with Gasteiger partial charge in [-0.1, -0.05) is 15.9 Å². The lowest BCUT2D eigenvalue weighted by Gasteiger charge is -2.27. The van der Waals surface area contributed by atoms with Crippen molar-refractivity contribution in [1.82, 2.24) is 4.31 Å². The lowest BCUT2D eigenvalue weighted by atomic mass is 10.1. The highest BCUT2D eigenvalue weighted by Crippen LogP contribution is 2.43. The third kappa shape index (κ3) is 2.24. The zero-order chi connectivity index (χ0) is 13.8. The normalized spacial score (nSPS) is 27.1.